The number of rotatable bonds is 6. The lowest BCUT2D eigenvalue weighted by atomic mass is 10.2. The number of ether oxygens (including phenoxy) is 1. The molecule has 1 heterocycles. The topological polar surface area (TPSA) is 34.1 Å². The summed E-state index contributed by atoms with van der Waals surface area (Å²) in [4.78, 5) is 4.51. The molecule has 0 bridgehead atoms. The van der Waals surface area contributed by atoms with Gasteiger partial charge in [-0.25, -0.2) is 4.98 Å². The van der Waals surface area contributed by atoms with E-state index >= 15 is 0 Å². The molecule has 20 heavy (non-hydrogen) atoms. The van der Waals surface area contributed by atoms with Gasteiger partial charge < -0.3 is 10.1 Å². The predicted octanol–water partition coefficient (Wildman–Crippen LogP) is 3.93. The lowest BCUT2D eigenvalue weighted by molar-refractivity contribution is 0.458. The summed E-state index contributed by atoms with van der Waals surface area (Å²) in [7, 11) is 0. The van der Waals surface area contributed by atoms with Crippen molar-refractivity contribution in [1.82, 2.24) is 10.3 Å². The molecule has 0 aliphatic carbocycles. The quantitative estimate of drug-likeness (QED) is 0.863. The fraction of sp³-hybridized carbons (Fsp3) is 0.353. The van der Waals surface area contributed by atoms with Crippen LogP contribution in [0.4, 0.5) is 0 Å². The van der Waals surface area contributed by atoms with Gasteiger partial charge in [0.05, 0.1) is 5.69 Å². The van der Waals surface area contributed by atoms with E-state index in [0.717, 1.165) is 24.5 Å². The van der Waals surface area contributed by atoms with Gasteiger partial charge in [-0.05, 0) is 43.1 Å². The fourth-order valence-electron chi connectivity index (χ4n) is 1.90. The van der Waals surface area contributed by atoms with Crippen molar-refractivity contribution in [2.45, 2.75) is 27.3 Å². The fourth-order valence-corrected chi connectivity index (χ4v) is 1.90. The number of aryl methyl sites for hydroxylation is 1. The first-order chi connectivity index (χ1) is 9.63. The molecule has 0 saturated carbocycles. The number of pyridine rings is 1. The van der Waals surface area contributed by atoms with Gasteiger partial charge in [0.15, 0.2) is 0 Å². The van der Waals surface area contributed by atoms with E-state index in [1.165, 1.54) is 5.56 Å². The first kappa shape index (κ1) is 14.5. The number of aromatic nitrogens is 1. The normalized spacial score (nSPS) is 10.8. The maximum atomic E-state index is 5.79. The third kappa shape index (κ3) is 4.67. The SMILES string of the molecule is Cc1cccc(Oc2cccc(CNCC(C)C)n2)c1. The monoisotopic (exact) mass is 270 g/mol. The van der Waals surface area contributed by atoms with Gasteiger partial charge in [0.2, 0.25) is 5.88 Å². The van der Waals surface area contributed by atoms with Crippen LogP contribution in [-0.2, 0) is 6.54 Å². The molecule has 2 rings (SSSR count). The van der Waals surface area contributed by atoms with E-state index in [4.69, 9.17) is 4.74 Å². The van der Waals surface area contributed by atoms with Gasteiger partial charge in [-0.1, -0.05) is 32.0 Å². The molecule has 0 radical (unpaired) electrons. The average Bonchev–Trinajstić information content (AvgIpc) is 2.39. The Hall–Kier alpha value is -1.87. The zero-order valence-electron chi connectivity index (χ0n) is 12.4. The number of hydrogen-bond acceptors (Lipinski definition) is 3. The molecule has 0 unspecified atom stereocenters. The molecule has 0 atom stereocenters. The van der Waals surface area contributed by atoms with E-state index in [2.05, 4.69) is 24.1 Å². The highest BCUT2D eigenvalue weighted by Gasteiger charge is 2.01. The summed E-state index contributed by atoms with van der Waals surface area (Å²) in [6.07, 6.45) is 0. The van der Waals surface area contributed by atoms with Crippen LogP contribution in [0.1, 0.15) is 25.1 Å². The summed E-state index contributed by atoms with van der Waals surface area (Å²) >= 11 is 0. The van der Waals surface area contributed by atoms with Gasteiger partial charge in [-0.2, -0.15) is 0 Å². The van der Waals surface area contributed by atoms with Gasteiger partial charge in [-0.15, -0.1) is 0 Å². The summed E-state index contributed by atoms with van der Waals surface area (Å²) in [5, 5.41) is 3.38. The molecule has 3 nitrogen and oxygen atoms in total. The minimum atomic E-state index is 0.638. The van der Waals surface area contributed by atoms with Gasteiger partial charge in [0.25, 0.3) is 0 Å². The predicted molar refractivity (Wildman–Crippen MR) is 82.0 cm³/mol. The molecule has 3 heteroatoms. The molecule has 2 aromatic rings. The first-order valence-corrected chi connectivity index (χ1v) is 7.04. The number of nitrogens with zero attached hydrogens (tertiary/aromatic N) is 1. The zero-order chi connectivity index (χ0) is 14.4. The molecule has 0 aliphatic rings. The molecule has 106 valence electrons. The molecule has 1 aromatic carbocycles. The third-order valence-electron chi connectivity index (χ3n) is 2.85. The van der Waals surface area contributed by atoms with Crippen molar-refractivity contribution in [3.8, 4) is 11.6 Å². The molecule has 0 saturated heterocycles. The molecule has 0 spiro atoms. The van der Waals surface area contributed by atoms with Crippen LogP contribution in [0, 0.1) is 12.8 Å². The molecule has 0 amide bonds. The van der Waals surface area contributed by atoms with E-state index in [9.17, 15) is 0 Å². The van der Waals surface area contributed by atoms with E-state index in [0.29, 0.717) is 11.8 Å². The molecule has 1 N–H and O–H groups in total. The summed E-state index contributed by atoms with van der Waals surface area (Å²) in [6.45, 7) is 8.19. The van der Waals surface area contributed by atoms with Crippen molar-refractivity contribution >= 4 is 0 Å². The zero-order valence-corrected chi connectivity index (χ0v) is 12.4. The molecule has 0 aliphatic heterocycles. The Bertz CT molecular complexity index is 552. The van der Waals surface area contributed by atoms with Gasteiger partial charge in [0, 0.05) is 12.6 Å². The van der Waals surface area contributed by atoms with Crippen LogP contribution >= 0.6 is 0 Å². The van der Waals surface area contributed by atoms with E-state index in [1.54, 1.807) is 0 Å². The van der Waals surface area contributed by atoms with Crippen LogP contribution in [0.25, 0.3) is 0 Å². The standard InChI is InChI=1S/C17H22N2O/c1-13(2)11-18-12-15-7-5-9-17(19-15)20-16-8-4-6-14(3)10-16/h4-10,13,18H,11-12H2,1-3H3. The van der Waals surface area contributed by atoms with Gasteiger partial charge in [-0.3, -0.25) is 0 Å². The highest BCUT2D eigenvalue weighted by molar-refractivity contribution is 5.31. The largest absolute Gasteiger partial charge is 0.439 e. The minimum absolute atomic E-state index is 0.638. The number of nitrogens with one attached hydrogen (secondary N) is 1. The van der Waals surface area contributed by atoms with Crippen molar-refractivity contribution in [2.24, 2.45) is 5.92 Å². The van der Waals surface area contributed by atoms with Crippen LogP contribution in [0.5, 0.6) is 11.6 Å². The van der Waals surface area contributed by atoms with E-state index in [-0.39, 0.29) is 0 Å². The highest BCUT2D eigenvalue weighted by Crippen LogP contribution is 2.20. The molecule has 1 aromatic heterocycles. The Kier molecular flexibility index (Phi) is 5.13. The molecular formula is C17H22N2O. The second-order valence-electron chi connectivity index (χ2n) is 5.41. The lowest BCUT2D eigenvalue weighted by Crippen LogP contribution is -2.19. The van der Waals surface area contributed by atoms with Crippen molar-refractivity contribution in [2.75, 3.05) is 6.54 Å². The van der Waals surface area contributed by atoms with Crippen molar-refractivity contribution in [3.05, 3.63) is 53.7 Å². The Morgan fingerprint density at radius 3 is 2.70 bits per heavy atom. The van der Waals surface area contributed by atoms with E-state index < -0.39 is 0 Å². The van der Waals surface area contributed by atoms with Gasteiger partial charge >= 0.3 is 0 Å². The summed E-state index contributed by atoms with van der Waals surface area (Å²) in [5.74, 6) is 2.10. The van der Waals surface area contributed by atoms with Crippen LogP contribution in [0.15, 0.2) is 42.5 Å². The number of benzene rings is 1. The van der Waals surface area contributed by atoms with Crippen molar-refractivity contribution < 1.29 is 4.74 Å². The number of hydrogen-bond donors (Lipinski definition) is 1. The first-order valence-electron chi connectivity index (χ1n) is 7.04. The Labute approximate surface area is 121 Å². The maximum Gasteiger partial charge on any atom is 0.219 e. The lowest BCUT2D eigenvalue weighted by Gasteiger charge is -2.09. The molecular weight excluding hydrogens is 248 g/mol. The second kappa shape index (κ2) is 7.06. The Morgan fingerprint density at radius 2 is 1.95 bits per heavy atom. The maximum absolute atomic E-state index is 5.79. The Balaban J connectivity index is 1.99. The van der Waals surface area contributed by atoms with E-state index in [1.807, 2.05) is 49.4 Å². The van der Waals surface area contributed by atoms with Crippen LogP contribution in [0.2, 0.25) is 0 Å². The van der Waals surface area contributed by atoms with Crippen molar-refractivity contribution in [3.63, 3.8) is 0 Å². The third-order valence-corrected chi connectivity index (χ3v) is 2.85. The van der Waals surface area contributed by atoms with Crippen LogP contribution in [-0.4, -0.2) is 11.5 Å². The van der Waals surface area contributed by atoms with Crippen LogP contribution in [0.3, 0.4) is 0 Å². The summed E-state index contributed by atoms with van der Waals surface area (Å²) < 4.78 is 5.79. The average molecular weight is 270 g/mol. The van der Waals surface area contributed by atoms with Gasteiger partial charge in [0.1, 0.15) is 5.75 Å². The second-order valence-corrected chi connectivity index (χ2v) is 5.41. The van der Waals surface area contributed by atoms with Crippen LogP contribution < -0.4 is 10.1 Å². The summed E-state index contributed by atoms with van der Waals surface area (Å²) in [6, 6.07) is 13.9. The highest BCUT2D eigenvalue weighted by atomic mass is 16.5. The van der Waals surface area contributed by atoms with Crippen molar-refractivity contribution in [1.29, 1.82) is 0 Å². The summed E-state index contributed by atoms with van der Waals surface area (Å²) in [5.41, 5.74) is 2.17. The molecule has 0 fully saturated rings. The smallest absolute Gasteiger partial charge is 0.219 e. The Morgan fingerprint density at radius 1 is 1.15 bits per heavy atom. The minimum Gasteiger partial charge on any atom is -0.439 e.